The molecule has 1 aromatic rings. The zero-order valence-electron chi connectivity index (χ0n) is 11.5. The molecule has 0 saturated carbocycles. The molecule has 1 heterocycles. The predicted octanol–water partition coefficient (Wildman–Crippen LogP) is 1.04. The van der Waals surface area contributed by atoms with Gasteiger partial charge in [-0.15, -0.1) is 0 Å². The number of sulfonamides is 1. The third-order valence-electron chi connectivity index (χ3n) is 3.45. The lowest BCUT2D eigenvalue weighted by Gasteiger charge is -2.11. The van der Waals surface area contributed by atoms with Gasteiger partial charge in [0.05, 0.1) is 11.0 Å². The fourth-order valence-corrected chi connectivity index (χ4v) is 3.36. The smallest absolute Gasteiger partial charge is 0.240 e. The van der Waals surface area contributed by atoms with Crippen molar-refractivity contribution in [2.24, 2.45) is 5.73 Å². The van der Waals surface area contributed by atoms with Crippen molar-refractivity contribution < 1.29 is 13.2 Å². The van der Waals surface area contributed by atoms with Crippen LogP contribution in [0, 0.1) is 0 Å². The van der Waals surface area contributed by atoms with Crippen LogP contribution >= 0.6 is 0 Å². The Morgan fingerprint density at radius 3 is 2.65 bits per heavy atom. The molecule has 1 atom stereocenters. The first-order valence-corrected chi connectivity index (χ1v) is 8.50. The van der Waals surface area contributed by atoms with E-state index in [0.29, 0.717) is 18.0 Å². The molecular formula is C14H22N2O3S. The van der Waals surface area contributed by atoms with Crippen LogP contribution in [0.15, 0.2) is 29.2 Å². The largest absolute Gasteiger partial charge is 0.378 e. The van der Waals surface area contributed by atoms with Crippen LogP contribution in [0.4, 0.5) is 0 Å². The van der Waals surface area contributed by atoms with Gasteiger partial charge in [0.1, 0.15) is 0 Å². The van der Waals surface area contributed by atoms with E-state index in [1.54, 1.807) is 12.1 Å². The van der Waals surface area contributed by atoms with E-state index in [9.17, 15) is 8.42 Å². The van der Waals surface area contributed by atoms with Gasteiger partial charge < -0.3 is 10.5 Å². The van der Waals surface area contributed by atoms with Crippen LogP contribution in [-0.4, -0.2) is 34.2 Å². The number of hydrogen-bond acceptors (Lipinski definition) is 4. The average molecular weight is 298 g/mol. The number of ether oxygens (including phenoxy) is 1. The number of nitrogens with one attached hydrogen (secondary N) is 1. The molecule has 0 spiro atoms. The molecule has 1 aliphatic heterocycles. The molecule has 0 amide bonds. The van der Waals surface area contributed by atoms with Crippen molar-refractivity contribution in [1.82, 2.24) is 4.72 Å². The van der Waals surface area contributed by atoms with Gasteiger partial charge >= 0.3 is 0 Å². The Morgan fingerprint density at radius 2 is 2.05 bits per heavy atom. The zero-order valence-corrected chi connectivity index (χ0v) is 12.4. The number of benzene rings is 1. The summed E-state index contributed by atoms with van der Waals surface area (Å²) in [5.41, 5.74) is 6.51. The Morgan fingerprint density at radius 1 is 1.30 bits per heavy atom. The lowest BCUT2D eigenvalue weighted by atomic mass is 10.2. The summed E-state index contributed by atoms with van der Waals surface area (Å²) in [6.45, 7) is 1.77. The first-order valence-electron chi connectivity index (χ1n) is 7.02. The minimum absolute atomic E-state index is 0.199. The monoisotopic (exact) mass is 298 g/mol. The summed E-state index contributed by atoms with van der Waals surface area (Å²) < 4.78 is 32.3. The molecule has 0 bridgehead atoms. The van der Waals surface area contributed by atoms with E-state index in [0.717, 1.165) is 37.9 Å². The molecule has 3 N–H and O–H groups in total. The first-order chi connectivity index (χ1) is 9.62. The van der Waals surface area contributed by atoms with Crippen LogP contribution in [0.25, 0.3) is 0 Å². The highest BCUT2D eigenvalue weighted by molar-refractivity contribution is 7.89. The van der Waals surface area contributed by atoms with Gasteiger partial charge in [-0.25, -0.2) is 13.1 Å². The summed E-state index contributed by atoms with van der Waals surface area (Å²) in [4.78, 5) is 0.297. The topological polar surface area (TPSA) is 81.4 Å². The van der Waals surface area contributed by atoms with Gasteiger partial charge in [-0.3, -0.25) is 0 Å². The minimum atomic E-state index is -3.42. The molecule has 0 aliphatic carbocycles. The molecular weight excluding hydrogens is 276 g/mol. The van der Waals surface area contributed by atoms with Gasteiger partial charge in [-0.1, -0.05) is 12.1 Å². The Labute approximate surface area is 120 Å². The molecule has 1 saturated heterocycles. The van der Waals surface area contributed by atoms with E-state index >= 15 is 0 Å². The highest BCUT2D eigenvalue weighted by Gasteiger charge is 2.17. The van der Waals surface area contributed by atoms with Gasteiger partial charge in [0, 0.05) is 13.2 Å². The third-order valence-corrected chi connectivity index (χ3v) is 4.93. The number of rotatable bonds is 7. The van der Waals surface area contributed by atoms with Gasteiger partial charge in [0.15, 0.2) is 0 Å². The summed E-state index contributed by atoms with van der Waals surface area (Å²) in [6, 6.07) is 6.86. The van der Waals surface area contributed by atoms with Crippen LogP contribution < -0.4 is 10.5 Å². The Kier molecular flexibility index (Phi) is 5.54. The van der Waals surface area contributed by atoms with Crippen molar-refractivity contribution in [3.05, 3.63) is 29.8 Å². The summed E-state index contributed by atoms with van der Waals surface area (Å²) in [7, 11) is -3.42. The zero-order chi connectivity index (χ0) is 14.4. The summed E-state index contributed by atoms with van der Waals surface area (Å²) >= 11 is 0. The Hall–Kier alpha value is -0.950. The van der Waals surface area contributed by atoms with Gasteiger partial charge in [0.25, 0.3) is 0 Å². The van der Waals surface area contributed by atoms with Crippen LogP contribution in [0.2, 0.25) is 0 Å². The van der Waals surface area contributed by atoms with Crippen LogP contribution in [0.5, 0.6) is 0 Å². The average Bonchev–Trinajstić information content (AvgIpc) is 2.93. The Balaban J connectivity index is 1.88. The van der Waals surface area contributed by atoms with Crippen LogP contribution in [0.1, 0.15) is 24.8 Å². The van der Waals surface area contributed by atoms with Crippen molar-refractivity contribution in [2.75, 3.05) is 19.7 Å². The van der Waals surface area contributed by atoms with Gasteiger partial charge in [-0.05, 0) is 49.9 Å². The second kappa shape index (κ2) is 7.17. The molecule has 1 unspecified atom stereocenters. The van der Waals surface area contributed by atoms with Crippen LogP contribution in [0.3, 0.4) is 0 Å². The molecule has 1 aliphatic rings. The molecule has 0 radical (unpaired) electrons. The normalized spacial score (nSPS) is 19.4. The van der Waals surface area contributed by atoms with Crippen molar-refractivity contribution in [3.63, 3.8) is 0 Å². The molecule has 6 heteroatoms. The maximum atomic E-state index is 12.1. The number of hydrogen-bond donors (Lipinski definition) is 2. The molecule has 112 valence electrons. The minimum Gasteiger partial charge on any atom is -0.378 e. The molecule has 2 rings (SSSR count). The fraction of sp³-hybridized carbons (Fsp3) is 0.571. The SMILES string of the molecule is NCCc1ccc(S(=O)(=O)NCCC2CCCO2)cc1. The standard InChI is InChI=1S/C14H22N2O3S/c15-9-7-12-3-5-14(6-4-12)20(17,18)16-10-8-13-2-1-11-19-13/h3-6,13,16H,1-2,7-11,15H2. The lowest BCUT2D eigenvalue weighted by molar-refractivity contribution is 0.105. The highest BCUT2D eigenvalue weighted by atomic mass is 32.2. The summed E-state index contributed by atoms with van der Waals surface area (Å²) in [5, 5.41) is 0. The highest BCUT2D eigenvalue weighted by Crippen LogP contribution is 2.15. The van der Waals surface area contributed by atoms with E-state index < -0.39 is 10.0 Å². The van der Waals surface area contributed by atoms with Gasteiger partial charge in [-0.2, -0.15) is 0 Å². The van der Waals surface area contributed by atoms with E-state index in [-0.39, 0.29) is 6.10 Å². The predicted molar refractivity (Wildman–Crippen MR) is 78.0 cm³/mol. The van der Waals surface area contributed by atoms with Crippen molar-refractivity contribution in [1.29, 1.82) is 0 Å². The second-order valence-electron chi connectivity index (χ2n) is 5.00. The van der Waals surface area contributed by atoms with Crippen molar-refractivity contribution in [3.8, 4) is 0 Å². The first kappa shape index (κ1) is 15.4. The van der Waals surface area contributed by atoms with E-state index in [2.05, 4.69) is 4.72 Å². The molecule has 0 aromatic heterocycles. The number of nitrogens with two attached hydrogens (primary N) is 1. The van der Waals surface area contributed by atoms with Crippen molar-refractivity contribution in [2.45, 2.75) is 36.7 Å². The van der Waals surface area contributed by atoms with E-state index in [1.807, 2.05) is 12.1 Å². The third kappa shape index (κ3) is 4.28. The maximum Gasteiger partial charge on any atom is 0.240 e. The van der Waals surface area contributed by atoms with Crippen molar-refractivity contribution >= 4 is 10.0 Å². The van der Waals surface area contributed by atoms with E-state index in [1.165, 1.54) is 0 Å². The Bertz CT molecular complexity index is 508. The summed E-state index contributed by atoms with van der Waals surface area (Å²) in [6.07, 6.45) is 3.77. The van der Waals surface area contributed by atoms with Crippen LogP contribution in [-0.2, 0) is 21.2 Å². The maximum absolute atomic E-state index is 12.1. The van der Waals surface area contributed by atoms with E-state index in [4.69, 9.17) is 10.5 Å². The molecule has 5 nitrogen and oxygen atoms in total. The molecule has 1 aromatic carbocycles. The second-order valence-corrected chi connectivity index (χ2v) is 6.77. The van der Waals surface area contributed by atoms with Gasteiger partial charge in [0.2, 0.25) is 10.0 Å². The lowest BCUT2D eigenvalue weighted by Crippen LogP contribution is -2.27. The molecule has 20 heavy (non-hydrogen) atoms. The molecule has 1 fully saturated rings. The fourth-order valence-electron chi connectivity index (χ4n) is 2.31. The summed E-state index contributed by atoms with van der Waals surface area (Å²) in [5.74, 6) is 0. The quantitative estimate of drug-likeness (QED) is 0.788.